The largest absolute Gasteiger partial charge is 0.478 e. The van der Waals surface area contributed by atoms with Crippen LogP contribution < -0.4 is 15.0 Å². The van der Waals surface area contributed by atoms with Gasteiger partial charge in [0.15, 0.2) is 5.60 Å². The zero-order valence-electron chi connectivity index (χ0n) is 18.5. The highest BCUT2D eigenvalue weighted by atomic mass is 16.5. The second-order valence-corrected chi connectivity index (χ2v) is 8.10. The molecule has 164 valence electrons. The molecular weight excluding hydrogens is 396 g/mol. The molecule has 1 heterocycles. The summed E-state index contributed by atoms with van der Waals surface area (Å²) >= 11 is 0. The molecule has 0 bridgehead atoms. The van der Waals surface area contributed by atoms with Gasteiger partial charge in [-0.1, -0.05) is 32.0 Å². The molecule has 0 fully saturated rings. The molecule has 2 N–H and O–H groups in total. The monoisotopic (exact) mass is 424 g/mol. The SMILES string of the molecule is CCc1cccc(CC)c1NC(=O)C(C)N1C(=O)C(C)(C)Oc2ccc(C(=O)O)cc21. The highest BCUT2D eigenvalue weighted by Crippen LogP contribution is 2.40. The fourth-order valence-corrected chi connectivity index (χ4v) is 3.78. The second-order valence-electron chi connectivity index (χ2n) is 8.10. The van der Waals surface area contributed by atoms with Gasteiger partial charge in [0.05, 0.1) is 11.3 Å². The van der Waals surface area contributed by atoms with E-state index in [1.54, 1.807) is 20.8 Å². The quantitative estimate of drug-likeness (QED) is 0.730. The van der Waals surface area contributed by atoms with Crippen molar-refractivity contribution in [2.24, 2.45) is 0 Å². The zero-order chi connectivity index (χ0) is 22.9. The number of para-hydroxylation sites is 1. The van der Waals surface area contributed by atoms with Crippen LogP contribution in [0.5, 0.6) is 5.75 Å². The molecule has 0 saturated heterocycles. The van der Waals surface area contributed by atoms with Crippen LogP contribution in [-0.2, 0) is 22.4 Å². The molecule has 2 aromatic carbocycles. The van der Waals surface area contributed by atoms with Gasteiger partial charge in [-0.15, -0.1) is 0 Å². The van der Waals surface area contributed by atoms with Crippen LogP contribution >= 0.6 is 0 Å². The van der Waals surface area contributed by atoms with Gasteiger partial charge in [0, 0.05) is 5.69 Å². The Balaban J connectivity index is 2.02. The number of hydrogen-bond acceptors (Lipinski definition) is 4. The van der Waals surface area contributed by atoms with Crippen LogP contribution in [0.1, 0.15) is 56.1 Å². The second kappa shape index (κ2) is 8.41. The zero-order valence-corrected chi connectivity index (χ0v) is 18.5. The number of rotatable bonds is 6. The predicted molar refractivity (Wildman–Crippen MR) is 119 cm³/mol. The lowest BCUT2D eigenvalue weighted by atomic mass is 10.00. The Morgan fingerprint density at radius 3 is 2.29 bits per heavy atom. The molecule has 7 heteroatoms. The summed E-state index contributed by atoms with van der Waals surface area (Å²) in [6, 6.07) is 9.33. The summed E-state index contributed by atoms with van der Waals surface area (Å²) < 4.78 is 5.80. The smallest absolute Gasteiger partial charge is 0.335 e. The van der Waals surface area contributed by atoms with Crippen LogP contribution in [0.15, 0.2) is 36.4 Å². The third kappa shape index (κ3) is 4.13. The first-order chi connectivity index (χ1) is 14.6. The lowest BCUT2D eigenvalue weighted by Gasteiger charge is -2.41. The van der Waals surface area contributed by atoms with Gasteiger partial charge in [-0.05, 0) is 62.9 Å². The summed E-state index contributed by atoms with van der Waals surface area (Å²) in [5.41, 5.74) is 1.89. The van der Waals surface area contributed by atoms with E-state index >= 15 is 0 Å². The highest BCUT2D eigenvalue weighted by molar-refractivity contribution is 6.10. The van der Waals surface area contributed by atoms with Gasteiger partial charge >= 0.3 is 5.97 Å². The molecule has 3 rings (SSSR count). The number of benzene rings is 2. The summed E-state index contributed by atoms with van der Waals surface area (Å²) in [6.45, 7) is 8.92. The Kier molecular flexibility index (Phi) is 6.06. The number of hydrogen-bond donors (Lipinski definition) is 2. The molecular formula is C24H28N2O5. The first-order valence-electron chi connectivity index (χ1n) is 10.4. The van der Waals surface area contributed by atoms with Crippen LogP contribution in [0.3, 0.4) is 0 Å². The van der Waals surface area contributed by atoms with Crippen molar-refractivity contribution in [3.8, 4) is 5.75 Å². The molecule has 31 heavy (non-hydrogen) atoms. The Bertz CT molecular complexity index is 1020. The fourth-order valence-electron chi connectivity index (χ4n) is 3.78. The summed E-state index contributed by atoms with van der Waals surface area (Å²) in [6.07, 6.45) is 1.51. The van der Waals surface area contributed by atoms with Gasteiger partial charge in [-0.2, -0.15) is 0 Å². The third-order valence-corrected chi connectivity index (χ3v) is 5.58. The molecule has 0 spiro atoms. The average Bonchev–Trinajstić information content (AvgIpc) is 2.73. The van der Waals surface area contributed by atoms with Gasteiger partial charge in [-0.3, -0.25) is 14.5 Å². The van der Waals surface area contributed by atoms with Crippen molar-refractivity contribution in [3.05, 3.63) is 53.1 Å². The fraction of sp³-hybridized carbons (Fsp3) is 0.375. The highest BCUT2D eigenvalue weighted by Gasteiger charge is 2.44. The van der Waals surface area contributed by atoms with Crippen LogP contribution in [-0.4, -0.2) is 34.5 Å². The minimum absolute atomic E-state index is 0.0112. The molecule has 1 unspecified atom stereocenters. The van der Waals surface area contributed by atoms with Crippen molar-refractivity contribution in [2.75, 3.05) is 10.2 Å². The predicted octanol–water partition coefficient (Wildman–Crippen LogP) is 4.04. The van der Waals surface area contributed by atoms with E-state index in [0.29, 0.717) is 5.75 Å². The van der Waals surface area contributed by atoms with Crippen LogP contribution in [0.25, 0.3) is 0 Å². The first kappa shape index (κ1) is 22.3. The number of aryl methyl sites for hydroxylation is 2. The van der Waals surface area contributed by atoms with Crippen molar-refractivity contribution in [2.45, 2.75) is 59.1 Å². The van der Waals surface area contributed by atoms with E-state index < -0.39 is 23.5 Å². The maximum absolute atomic E-state index is 13.3. The molecule has 0 aromatic heterocycles. The number of carboxylic acid groups (broad SMARTS) is 1. The summed E-state index contributed by atoms with van der Waals surface area (Å²) in [4.78, 5) is 39.3. The maximum atomic E-state index is 13.3. The van der Waals surface area contributed by atoms with E-state index in [1.165, 1.54) is 23.1 Å². The van der Waals surface area contributed by atoms with E-state index in [9.17, 15) is 19.5 Å². The molecule has 1 aliphatic rings. The van der Waals surface area contributed by atoms with Gasteiger partial charge in [0.1, 0.15) is 11.8 Å². The van der Waals surface area contributed by atoms with Crippen molar-refractivity contribution >= 4 is 29.2 Å². The number of anilines is 2. The van der Waals surface area contributed by atoms with E-state index in [-0.39, 0.29) is 17.2 Å². The minimum atomic E-state index is -1.19. The number of amides is 2. The molecule has 0 radical (unpaired) electrons. The van der Waals surface area contributed by atoms with Crippen molar-refractivity contribution in [1.82, 2.24) is 0 Å². The van der Waals surface area contributed by atoms with Crippen molar-refractivity contribution < 1.29 is 24.2 Å². The molecule has 2 aromatic rings. The number of nitrogens with zero attached hydrogens (tertiary/aromatic N) is 1. The number of fused-ring (bicyclic) bond motifs is 1. The minimum Gasteiger partial charge on any atom is -0.478 e. The molecule has 0 aliphatic carbocycles. The Labute approximate surface area is 182 Å². The lowest BCUT2D eigenvalue weighted by Crippen LogP contribution is -2.58. The first-order valence-corrected chi connectivity index (χ1v) is 10.4. The van der Waals surface area contributed by atoms with E-state index in [0.717, 1.165) is 29.7 Å². The summed E-state index contributed by atoms with van der Waals surface area (Å²) in [5.74, 6) is -1.53. The standard InChI is InChI=1S/C24H28N2O5/c1-6-15-9-8-10-16(7-2)20(15)25-21(27)14(3)26-18-13-17(22(28)29)11-12-19(18)31-24(4,5)23(26)30/h8-14H,6-7H2,1-5H3,(H,25,27)(H,28,29). The van der Waals surface area contributed by atoms with Crippen molar-refractivity contribution in [3.63, 3.8) is 0 Å². The molecule has 0 saturated carbocycles. The Morgan fingerprint density at radius 1 is 1.13 bits per heavy atom. The number of aromatic carboxylic acids is 1. The van der Waals surface area contributed by atoms with Crippen LogP contribution in [0.4, 0.5) is 11.4 Å². The average molecular weight is 424 g/mol. The summed E-state index contributed by atoms with van der Waals surface area (Å²) in [5, 5.41) is 12.4. The molecule has 1 atom stereocenters. The van der Waals surface area contributed by atoms with Crippen LogP contribution in [0, 0.1) is 0 Å². The van der Waals surface area contributed by atoms with E-state index in [2.05, 4.69) is 5.32 Å². The number of nitrogens with one attached hydrogen (secondary N) is 1. The van der Waals surface area contributed by atoms with Gasteiger partial charge < -0.3 is 15.2 Å². The topological polar surface area (TPSA) is 95.9 Å². The molecule has 7 nitrogen and oxygen atoms in total. The normalized spacial score (nSPS) is 15.6. The molecule has 1 aliphatic heterocycles. The van der Waals surface area contributed by atoms with Gasteiger partial charge in [0.25, 0.3) is 5.91 Å². The van der Waals surface area contributed by atoms with Gasteiger partial charge in [0.2, 0.25) is 5.91 Å². The number of ether oxygens (including phenoxy) is 1. The number of carbonyl (C=O) groups excluding carboxylic acids is 2. The number of carboxylic acids is 1. The third-order valence-electron chi connectivity index (χ3n) is 5.58. The van der Waals surface area contributed by atoms with E-state index in [1.807, 2.05) is 32.0 Å². The Morgan fingerprint density at radius 2 is 1.74 bits per heavy atom. The Hall–Kier alpha value is -3.35. The van der Waals surface area contributed by atoms with Crippen molar-refractivity contribution in [1.29, 1.82) is 0 Å². The van der Waals surface area contributed by atoms with E-state index in [4.69, 9.17) is 4.74 Å². The van der Waals surface area contributed by atoms with Gasteiger partial charge in [-0.25, -0.2) is 4.79 Å². The lowest BCUT2D eigenvalue weighted by molar-refractivity contribution is -0.134. The number of carbonyl (C=O) groups is 3. The summed E-state index contributed by atoms with van der Waals surface area (Å²) in [7, 11) is 0. The van der Waals surface area contributed by atoms with Crippen LogP contribution in [0.2, 0.25) is 0 Å². The molecule has 2 amide bonds. The maximum Gasteiger partial charge on any atom is 0.335 e.